The average Bonchev–Trinajstić information content (AvgIpc) is 3.44. The van der Waals surface area contributed by atoms with Crippen molar-refractivity contribution in [3.8, 4) is 11.4 Å². The first kappa shape index (κ1) is 19.3. The largest absolute Gasteiger partial charge is 0.485 e. The first-order valence-electron chi connectivity index (χ1n) is 9.37. The van der Waals surface area contributed by atoms with Crippen molar-refractivity contribution in [2.24, 2.45) is 0 Å². The molecule has 30 heavy (non-hydrogen) atoms. The van der Waals surface area contributed by atoms with Gasteiger partial charge >= 0.3 is 0 Å². The van der Waals surface area contributed by atoms with Crippen LogP contribution in [0, 0.1) is 6.92 Å². The predicted octanol–water partition coefficient (Wildman–Crippen LogP) is 3.03. The molecule has 1 amide bonds. The summed E-state index contributed by atoms with van der Waals surface area (Å²) in [6.07, 6.45) is 3.11. The number of aromatic nitrogens is 5. The maximum atomic E-state index is 12.9. The van der Waals surface area contributed by atoms with Gasteiger partial charge in [0.15, 0.2) is 6.61 Å². The van der Waals surface area contributed by atoms with E-state index in [0.29, 0.717) is 23.0 Å². The van der Waals surface area contributed by atoms with Gasteiger partial charge in [0.25, 0.3) is 5.91 Å². The van der Waals surface area contributed by atoms with Crippen LogP contribution in [0.4, 0.5) is 0 Å². The summed E-state index contributed by atoms with van der Waals surface area (Å²) in [7, 11) is 0. The van der Waals surface area contributed by atoms with Crippen LogP contribution >= 0.6 is 0 Å². The van der Waals surface area contributed by atoms with Crippen LogP contribution in [0.1, 0.15) is 40.6 Å². The fraction of sp³-hybridized carbons (Fsp3) is 0.190. The van der Waals surface area contributed by atoms with Crippen molar-refractivity contribution in [1.29, 1.82) is 0 Å². The van der Waals surface area contributed by atoms with E-state index in [2.05, 4.69) is 25.5 Å². The number of carbonyl (C=O) groups is 1. The number of benzene rings is 2. The summed E-state index contributed by atoms with van der Waals surface area (Å²) in [4.78, 5) is 20.9. The molecule has 2 heterocycles. The third kappa shape index (κ3) is 4.35. The van der Waals surface area contributed by atoms with Crippen LogP contribution in [0.2, 0.25) is 0 Å². The van der Waals surface area contributed by atoms with Crippen molar-refractivity contribution >= 4 is 5.91 Å². The minimum absolute atomic E-state index is 0.112. The molecule has 2 aromatic heterocycles. The molecule has 4 rings (SSSR count). The molecule has 0 bridgehead atoms. The Morgan fingerprint density at radius 2 is 2.00 bits per heavy atom. The molecule has 0 spiro atoms. The first-order valence-corrected chi connectivity index (χ1v) is 9.37. The van der Waals surface area contributed by atoms with Gasteiger partial charge in [0.1, 0.15) is 18.4 Å². The second-order valence-corrected chi connectivity index (χ2v) is 6.64. The van der Waals surface area contributed by atoms with Crippen LogP contribution in [-0.2, 0) is 6.61 Å². The molecule has 9 heteroatoms. The molecule has 9 nitrogen and oxygen atoms in total. The Kier molecular flexibility index (Phi) is 5.51. The minimum atomic E-state index is -0.234. The summed E-state index contributed by atoms with van der Waals surface area (Å²) in [6.45, 7) is 3.74. The summed E-state index contributed by atoms with van der Waals surface area (Å²) in [5, 5.41) is 10.9. The van der Waals surface area contributed by atoms with Crippen LogP contribution in [0.3, 0.4) is 0 Å². The number of nitrogens with one attached hydrogen (secondary N) is 1. The number of carbonyl (C=O) groups excluding carboxylic acids is 1. The zero-order valence-corrected chi connectivity index (χ0v) is 16.5. The summed E-state index contributed by atoms with van der Waals surface area (Å²) in [5.74, 6) is 1.10. The highest BCUT2D eigenvalue weighted by molar-refractivity contribution is 5.97. The number of hydrogen-bond acceptors (Lipinski definition) is 7. The zero-order chi connectivity index (χ0) is 20.9. The summed E-state index contributed by atoms with van der Waals surface area (Å²) < 4.78 is 12.3. The molecule has 0 fully saturated rings. The van der Waals surface area contributed by atoms with Crippen molar-refractivity contribution in [2.75, 3.05) is 0 Å². The third-order valence-electron chi connectivity index (χ3n) is 4.48. The van der Waals surface area contributed by atoms with Crippen LogP contribution in [0.15, 0.2) is 65.7 Å². The fourth-order valence-electron chi connectivity index (χ4n) is 2.94. The van der Waals surface area contributed by atoms with E-state index in [-0.39, 0.29) is 18.6 Å². The van der Waals surface area contributed by atoms with E-state index in [4.69, 9.17) is 9.26 Å². The van der Waals surface area contributed by atoms with Crippen molar-refractivity contribution in [3.63, 3.8) is 0 Å². The molecule has 152 valence electrons. The Bertz CT molecular complexity index is 1120. The topological polar surface area (TPSA) is 108 Å². The van der Waals surface area contributed by atoms with Gasteiger partial charge in [0, 0.05) is 6.92 Å². The van der Waals surface area contributed by atoms with Crippen molar-refractivity contribution in [3.05, 3.63) is 84.0 Å². The summed E-state index contributed by atoms with van der Waals surface area (Å²) in [6, 6.07) is 14.6. The highest BCUT2D eigenvalue weighted by Gasteiger charge is 2.16. The van der Waals surface area contributed by atoms with Gasteiger partial charge in [-0.3, -0.25) is 4.79 Å². The van der Waals surface area contributed by atoms with Crippen molar-refractivity contribution in [2.45, 2.75) is 26.5 Å². The third-order valence-corrected chi connectivity index (χ3v) is 4.48. The van der Waals surface area contributed by atoms with E-state index in [0.717, 1.165) is 11.3 Å². The Labute approximate surface area is 172 Å². The monoisotopic (exact) mass is 404 g/mol. The number of aryl methyl sites for hydroxylation is 1. The molecule has 0 saturated carbocycles. The van der Waals surface area contributed by atoms with Crippen LogP contribution in [0.25, 0.3) is 5.69 Å². The van der Waals surface area contributed by atoms with Gasteiger partial charge in [0.05, 0.1) is 17.3 Å². The molecule has 0 radical (unpaired) electrons. The standard InChI is InChI=1S/C21H20N6O3/c1-14(16-7-9-17(10-8-16)27-13-22-12-23-27)24-21(28)18-5-3-4-6-19(18)29-11-20-25-15(2)30-26-20/h3-10,12-14H,11H2,1-2H3,(H,24,28)/t14-/m1/s1. The molecular weight excluding hydrogens is 384 g/mol. The Hall–Kier alpha value is -4.01. The number of nitrogens with zero attached hydrogens (tertiary/aromatic N) is 5. The van der Waals surface area contributed by atoms with Gasteiger partial charge in [-0.1, -0.05) is 29.4 Å². The quantitative estimate of drug-likeness (QED) is 0.504. The average molecular weight is 404 g/mol. The van der Waals surface area contributed by atoms with E-state index in [9.17, 15) is 4.79 Å². The van der Waals surface area contributed by atoms with Gasteiger partial charge in [0.2, 0.25) is 11.7 Å². The van der Waals surface area contributed by atoms with Crippen molar-refractivity contribution < 1.29 is 14.1 Å². The molecule has 2 aromatic carbocycles. The number of para-hydroxylation sites is 1. The number of ether oxygens (including phenoxy) is 1. The van der Waals surface area contributed by atoms with Crippen LogP contribution < -0.4 is 10.1 Å². The lowest BCUT2D eigenvalue weighted by molar-refractivity contribution is 0.0935. The highest BCUT2D eigenvalue weighted by atomic mass is 16.5. The summed E-state index contributed by atoms with van der Waals surface area (Å²) >= 11 is 0. The fourth-order valence-corrected chi connectivity index (χ4v) is 2.94. The molecule has 0 unspecified atom stereocenters. The van der Waals surface area contributed by atoms with E-state index >= 15 is 0 Å². The lowest BCUT2D eigenvalue weighted by Crippen LogP contribution is -2.27. The molecule has 1 atom stereocenters. The van der Waals surface area contributed by atoms with E-state index in [1.54, 1.807) is 42.2 Å². The van der Waals surface area contributed by atoms with Gasteiger partial charge in [-0.25, -0.2) is 9.67 Å². The summed E-state index contributed by atoms with van der Waals surface area (Å²) in [5.41, 5.74) is 2.29. The van der Waals surface area contributed by atoms with Gasteiger partial charge in [-0.2, -0.15) is 10.1 Å². The Balaban J connectivity index is 1.43. The molecule has 1 N–H and O–H groups in total. The predicted molar refractivity (Wildman–Crippen MR) is 107 cm³/mol. The lowest BCUT2D eigenvalue weighted by atomic mass is 10.1. The molecule has 0 aliphatic carbocycles. The SMILES string of the molecule is Cc1nc(COc2ccccc2C(=O)N[C@H](C)c2ccc(-n3cncn3)cc2)no1. The first-order chi connectivity index (χ1) is 14.6. The smallest absolute Gasteiger partial charge is 0.255 e. The molecule has 0 aliphatic rings. The van der Waals surface area contributed by atoms with Gasteiger partial charge in [-0.05, 0) is 36.8 Å². The van der Waals surface area contributed by atoms with Crippen LogP contribution in [-0.4, -0.2) is 30.8 Å². The Morgan fingerprint density at radius 1 is 1.20 bits per heavy atom. The highest BCUT2D eigenvalue weighted by Crippen LogP contribution is 2.21. The van der Waals surface area contributed by atoms with E-state index in [1.165, 1.54) is 6.33 Å². The number of rotatable bonds is 7. The van der Waals surface area contributed by atoms with Gasteiger partial charge in [-0.15, -0.1) is 0 Å². The maximum absolute atomic E-state index is 12.9. The molecular formula is C21H20N6O3. The molecule has 0 aliphatic heterocycles. The second-order valence-electron chi connectivity index (χ2n) is 6.64. The number of hydrogen-bond donors (Lipinski definition) is 1. The van der Waals surface area contributed by atoms with Crippen LogP contribution in [0.5, 0.6) is 5.75 Å². The minimum Gasteiger partial charge on any atom is -0.485 e. The molecule has 0 saturated heterocycles. The van der Waals surface area contributed by atoms with Gasteiger partial charge < -0.3 is 14.6 Å². The molecule has 4 aromatic rings. The van der Waals surface area contributed by atoms with E-state index in [1.807, 2.05) is 31.2 Å². The Morgan fingerprint density at radius 3 is 2.70 bits per heavy atom. The second kappa shape index (κ2) is 8.56. The van der Waals surface area contributed by atoms with Crippen molar-refractivity contribution in [1.82, 2.24) is 30.2 Å². The normalized spacial score (nSPS) is 11.8. The number of amides is 1. The maximum Gasteiger partial charge on any atom is 0.255 e. The zero-order valence-electron chi connectivity index (χ0n) is 16.5. The lowest BCUT2D eigenvalue weighted by Gasteiger charge is -2.16. The van der Waals surface area contributed by atoms with E-state index < -0.39 is 0 Å².